The molecule has 1 aliphatic heterocycles. The molecule has 2 aromatic rings. The Hall–Kier alpha value is -1.61. The van der Waals surface area contributed by atoms with Gasteiger partial charge in [0.05, 0.1) is 0 Å². The van der Waals surface area contributed by atoms with Crippen molar-refractivity contribution in [2.75, 3.05) is 6.54 Å². The Morgan fingerprint density at radius 3 is 3.00 bits per heavy atom. The molecule has 3 heterocycles. The third-order valence-electron chi connectivity index (χ3n) is 3.41. The third kappa shape index (κ3) is 1.87. The smallest absolute Gasteiger partial charge is 0.137 e. The fraction of sp³-hybridized carbons (Fsp3) is 0.357. The van der Waals surface area contributed by atoms with E-state index in [1.54, 1.807) is 0 Å². The van der Waals surface area contributed by atoms with Gasteiger partial charge in [-0.15, -0.1) is 0 Å². The van der Waals surface area contributed by atoms with Gasteiger partial charge < -0.3 is 10.3 Å². The molecule has 0 saturated carbocycles. The van der Waals surface area contributed by atoms with E-state index in [0.717, 1.165) is 18.6 Å². The van der Waals surface area contributed by atoms with Crippen molar-refractivity contribution in [3.8, 4) is 0 Å². The van der Waals surface area contributed by atoms with Crippen molar-refractivity contribution in [1.82, 2.24) is 15.3 Å². The number of hydrogen-bond donors (Lipinski definition) is 2. The van der Waals surface area contributed by atoms with E-state index in [0.29, 0.717) is 0 Å². The first-order chi connectivity index (χ1) is 8.16. The minimum absolute atomic E-state index is 0.216. The molecule has 1 aliphatic rings. The molecule has 88 valence electrons. The number of hydrogen-bond acceptors (Lipinski definition) is 2. The lowest BCUT2D eigenvalue weighted by molar-refractivity contribution is 0.404. The molecule has 3 rings (SSSR count). The number of fused-ring (bicyclic) bond motifs is 1. The van der Waals surface area contributed by atoms with Gasteiger partial charge in [-0.3, -0.25) is 0 Å². The predicted octanol–water partition coefficient (Wildman–Crippen LogP) is 2.72. The maximum Gasteiger partial charge on any atom is 0.137 e. The van der Waals surface area contributed by atoms with Crippen LogP contribution < -0.4 is 5.32 Å². The van der Waals surface area contributed by atoms with E-state index in [-0.39, 0.29) is 5.54 Å². The zero-order valence-electron chi connectivity index (χ0n) is 10.2. The van der Waals surface area contributed by atoms with Gasteiger partial charge in [0, 0.05) is 35.4 Å². The van der Waals surface area contributed by atoms with Gasteiger partial charge in [-0.05, 0) is 38.0 Å². The standard InChI is InChI=1S/C14H17N3/c1-14(2)6-5-10(8-17-14)12-9-16-13-11(12)4-3-7-15-13/h3-5,7,9,17H,6,8H2,1-2H3,(H,15,16). The number of rotatable bonds is 1. The van der Waals surface area contributed by atoms with Gasteiger partial charge in [0.25, 0.3) is 0 Å². The van der Waals surface area contributed by atoms with Crippen molar-refractivity contribution < 1.29 is 0 Å². The SMILES string of the molecule is CC1(C)CC=C(c2c[nH]c3ncccc23)CN1. The summed E-state index contributed by atoms with van der Waals surface area (Å²) in [5.41, 5.74) is 3.82. The summed E-state index contributed by atoms with van der Waals surface area (Å²) in [4.78, 5) is 7.55. The molecule has 0 radical (unpaired) electrons. The Balaban J connectivity index is 2.03. The molecule has 3 nitrogen and oxygen atoms in total. The van der Waals surface area contributed by atoms with Crippen molar-refractivity contribution in [1.29, 1.82) is 0 Å². The lowest BCUT2D eigenvalue weighted by Gasteiger charge is -2.30. The number of pyridine rings is 1. The Morgan fingerprint density at radius 2 is 2.24 bits per heavy atom. The molecule has 17 heavy (non-hydrogen) atoms. The summed E-state index contributed by atoms with van der Waals surface area (Å²) in [5, 5.41) is 4.77. The highest BCUT2D eigenvalue weighted by molar-refractivity contribution is 5.91. The number of H-pyrrole nitrogens is 1. The monoisotopic (exact) mass is 227 g/mol. The van der Waals surface area contributed by atoms with Crippen LogP contribution in [0.2, 0.25) is 0 Å². The number of nitrogens with one attached hydrogen (secondary N) is 2. The van der Waals surface area contributed by atoms with Crippen LogP contribution in [0.3, 0.4) is 0 Å². The summed E-state index contributed by atoms with van der Waals surface area (Å²) in [6, 6.07) is 4.11. The lowest BCUT2D eigenvalue weighted by Crippen LogP contribution is -2.42. The van der Waals surface area contributed by atoms with Gasteiger partial charge in [-0.25, -0.2) is 4.98 Å². The van der Waals surface area contributed by atoms with Crippen molar-refractivity contribution >= 4 is 16.6 Å². The molecule has 0 bridgehead atoms. The van der Waals surface area contributed by atoms with Gasteiger partial charge in [-0.2, -0.15) is 0 Å². The molecule has 0 saturated heterocycles. The quantitative estimate of drug-likeness (QED) is 0.786. The maximum atomic E-state index is 4.32. The van der Waals surface area contributed by atoms with Crippen molar-refractivity contribution in [3.05, 3.63) is 36.2 Å². The summed E-state index contributed by atoms with van der Waals surface area (Å²) >= 11 is 0. The van der Waals surface area contributed by atoms with Gasteiger partial charge >= 0.3 is 0 Å². The first kappa shape index (κ1) is 10.5. The molecule has 0 aromatic carbocycles. The summed E-state index contributed by atoms with van der Waals surface area (Å²) in [6.07, 6.45) is 7.28. The Morgan fingerprint density at radius 1 is 1.35 bits per heavy atom. The fourth-order valence-electron chi connectivity index (χ4n) is 2.28. The van der Waals surface area contributed by atoms with Crippen molar-refractivity contribution in [3.63, 3.8) is 0 Å². The Bertz CT molecular complexity index is 578. The second-order valence-electron chi connectivity index (χ2n) is 5.27. The molecular weight excluding hydrogens is 210 g/mol. The zero-order valence-corrected chi connectivity index (χ0v) is 10.2. The summed E-state index contributed by atoms with van der Waals surface area (Å²) < 4.78 is 0. The van der Waals surface area contributed by atoms with Crippen LogP contribution in [0.5, 0.6) is 0 Å². The van der Waals surface area contributed by atoms with Crippen molar-refractivity contribution in [2.24, 2.45) is 0 Å². The number of nitrogens with zero attached hydrogens (tertiary/aromatic N) is 1. The molecule has 0 spiro atoms. The van der Waals surface area contributed by atoms with Gasteiger partial charge in [0.15, 0.2) is 0 Å². The minimum atomic E-state index is 0.216. The second-order valence-corrected chi connectivity index (χ2v) is 5.27. The number of aromatic nitrogens is 2. The van der Waals surface area contributed by atoms with Crippen LogP contribution in [0, 0.1) is 0 Å². The predicted molar refractivity (Wildman–Crippen MR) is 70.8 cm³/mol. The molecule has 3 heteroatoms. The molecule has 0 atom stereocenters. The fourth-order valence-corrected chi connectivity index (χ4v) is 2.28. The van der Waals surface area contributed by atoms with Crippen LogP contribution in [0.15, 0.2) is 30.6 Å². The van der Waals surface area contributed by atoms with Crippen LogP contribution in [0.25, 0.3) is 16.6 Å². The second kappa shape index (κ2) is 3.70. The first-order valence-corrected chi connectivity index (χ1v) is 6.02. The van der Waals surface area contributed by atoms with Gasteiger partial charge in [-0.1, -0.05) is 6.08 Å². The summed E-state index contributed by atoms with van der Waals surface area (Å²) in [5.74, 6) is 0. The van der Waals surface area contributed by atoms with E-state index < -0.39 is 0 Å². The maximum absolute atomic E-state index is 4.32. The van der Waals surface area contributed by atoms with Crippen molar-refractivity contribution in [2.45, 2.75) is 25.8 Å². The zero-order chi connectivity index (χ0) is 11.9. The number of aromatic amines is 1. The van der Waals surface area contributed by atoms with Gasteiger partial charge in [0.2, 0.25) is 0 Å². The van der Waals surface area contributed by atoms with Crippen LogP contribution in [-0.2, 0) is 0 Å². The highest BCUT2D eigenvalue weighted by atomic mass is 15.0. The molecule has 0 aliphatic carbocycles. The summed E-state index contributed by atoms with van der Waals surface area (Å²) in [7, 11) is 0. The molecule has 0 fully saturated rings. The van der Waals surface area contributed by atoms with E-state index in [1.165, 1.54) is 16.5 Å². The van der Waals surface area contributed by atoms with E-state index in [2.05, 4.69) is 47.5 Å². The molecule has 0 unspecified atom stereocenters. The lowest BCUT2D eigenvalue weighted by atomic mass is 9.92. The molecular formula is C14H17N3. The average molecular weight is 227 g/mol. The van der Waals surface area contributed by atoms with Crippen LogP contribution >= 0.6 is 0 Å². The molecule has 0 amide bonds. The topological polar surface area (TPSA) is 40.7 Å². The van der Waals surface area contributed by atoms with Gasteiger partial charge in [0.1, 0.15) is 5.65 Å². The van der Waals surface area contributed by atoms with E-state index in [4.69, 9.17) is 0 Å². The highest BCUT2D eigenvalue weighted by Crippen LogP contribution is 2.27. The van der Waals surface area contributed by atoms with Crippen LogP contribution in [-0.4, -0.2) is 22.1 Å². The molecule has 2 aromatic heterocycles. The van der Waals surface area contributed by atoms with Crippen LogP contribution in [0.1, 0.15) is 25.8 Å². The molecule has 2 N–H and O–H groups in total. The third-order valence-corrected chi connectivity index (χ3v) is 3.41. The first-order valence-electron chi connectivity index (χ1n) is 6.02. The Kier molecular flexibility index (Phi) is 2.30. The largest absolute Gasteiger partial charge is 0.346 e. The van der Waals surface area contributed by atoms with E-state index in [1.807, 2.05) is 12.3 Å². The Labute approximate surface area is 101 Å². The minimum Gasteiger partial charge on any atom is -0.346 e. The van der Waals surface area contributed by atoms with Crippen LogP contribution in [0.4, 0.5) is 0 Å². The van der Waals surface area contributed by atoms with E-state index in [9.17, 15) is 0 Å². The highest BCUT2D eigenvalue weighted by Gasteiger charge is 2.21. The van der Waals surface area contributed by atoms with E-state index >= 15 is 0 Å². The average Bonchev–Trinajstić information content (AvgIpc) is 2.73. The summed E-state index contributed by atoms with van der Waals surface area (Å²) in [6.45, 7) is 5.39. The normalized spacial score (nSPS) is 19.3.